The van der Waals surface area contributed by atoms with Gasteiger partial charge in [-0.2, -0.15) is 0 Å². The maximum absolute atomic E-state index is 14.2. The van der Waals surface area contributed by atoms with Crippen LogP contribution in [0.15, 0.2) is 82.2 Å². The second-order valence-electron chi connectivity index (χ2n) is 6.76. The fourth-order valence-electron chi connectivity index (χ4n) is 2.98. The molecule has 0 bridgehead atoms. The first kappa shape index (κ1) is 21.8. The molecule has 0 unspecified atom stereocenters. The van der Waals surface area contributed by atoms with E-state index in [4.69, 9.17) is 5.73 Å². The molecular weight excluding hydrogens is 502 g/mol. The lowest BCUT2D eigenvalue weighted by molar-refractivity contribution is 0.601. The van der Waals surface area contributed by atoms with E-state index in [1.165, 1.54) is 18.2 Å². The molecule has 1 aromatic heterocycles. The van der Waals surface area contributed by atoms with Gasteiger partial charge in [0.15, 0.2) is 0 Å². The van der Waals surface area contributed by atoms with Crippen LogP contribution < -0.4 is 10.5 Å². The maximum atomic E-state index is 14.2. The number of hydrogen-bond donors (Lipinski definition) is 2. The molecule has 4 rings (SSSR count). The molecule has 32 heavy (non-hydrogen) atoms. The second-order valence-corrected chi connectivity index (χ2v) is 9.36. The lowest BCUT2D eigenvalue weighted by atomic mass is 10.1. The van der Waals surface area contributed by atoms with Crippen molar-refractivity contribution in [2.24, 2.45) is 0 Å². The molecule has 0 aliphatic heterocycles. The Morgan fingerprint density at radius 1 is 0.844 bits per heavy atom. The van der Waals surface area contributed by atoms with Gasteiger partial charge in [-0.15, -0.1) is 0 Å². The zero-order valence-electron chi connectivity index (χ0n) is 16.3. The van der Waals surface area contributed by atoms with Crippen molar-refractivity contribution >= 4 is 37.6 Å². The Balaban J connectivity index is 1.62. The predicted molar refractivity (Wildman–Crippen MR) is 122 cm³/mol. The number of benzene rings is 3. The number of rotatable bonds is 5. The van der Waals surface area contributed by atoms with Crippen molar-refractivity contribution in [1.82, 2.24) is 9.97 Å². The van der Waals surface area contributed by atoms with Crippen molar-refractivity contribution in [2.45, 2.75) is 4.90 Å². The summed E-state index contributed by atoms with van der Waals surface area (Å²) >= 11 is 3.27. The molecule has 0 saturated heterocycles. The summed E-state index contributed by atoms with van der Waals surface area (Å²) in [7, 11) is -3.76. The summed E-state index contributed by atoms with van der Waals surface area (Å²) in [4.78, 5) is 8.27. The van der Waals surface area contributed by atoms with Crippen LogP contribution in [0.4, 0.5) is 20.4 Å². The quantitative estimate of drug-likeness (QED) is 0.378. The van der Waals surface area contributed by atoms with Gasteiger partial charge in [0.2, 0.25) is 5.95 Å². The van der Waals surface area contributed by atoms with Crippen molar-refractivity contribution in [3.05, 3.63) is 88.9 Å². The average molecular weight is 517 g/mol. The monoisotopic (exact) mass is 516 g/mol. The van der Waals surface area contributed by atoms with Crippen LogP contribution in [0.25, 0.3) is 22.5 Å². The number of anilines is 2. The number of nitrogens with two attached hydrogens (primary N) is 1. The Hall–Kier alpha value is -3.37. The van der Waals surface area contributed by atoms with Gasteiger partial charge >= 0.3 is 0 Å². The van der Waals surface area contributed by atoms with Gasteiger partial charge in [-0.3, -0.25) is 4.72 Å². The SMILES string of the molecule is Nc1nc(-c2ccc(NS(=O)(=O)c3ccc(Br)cc3)cc2)cc(-c2cc(F)ccc2F)n1. The number of nitrogens with one attached hydrogen (secondary N) is 1. The van der Waals surface area contributed by atoms with Crippen molar-refractivity contribution in [3.8, 4) is 22.5 Å². The summed E-state index contributed by atoms with van der Waals surface area (Å²) in [6, 6.07) is 17.2. The number of nitrogens with zero attached hydrogens (tertiary/aromatic N) is 2. The minimum absolute atomic E-state index is 0.0424. The predicted octanol–water partition coefficient (Wildman–Crippen LogP) is 5.23. The molecule has 6 nitrogen and oxygen atoms in total. The van der Waals surface area contributed by atoms with Crippen molar-refractivity contribution in [3.63, 3.8) is 0 Å². The van der Waals surface area contributed by atoms with E-state index in [1.54, 1.807) is 36.4 Å². The van der Waals surface area contributed by atoms with Crippen LogP contribution in [0, 0.1) is 11.6 Å². The van der Waals surface area contributed by atoms with Gasteiger partial charge in [-0.25, -0.2) is 27.2 Å². The van der Waals surface area contributed by atoms with E-state index in [2.05, 4.69) is 30.6 Å². The average Bonchev–Trinajstić information content (AvgIpc) is 2.75. The molecule has 4 aromatic rings. The van der Waals surface area contributed by atoms with Crippen molar-refractivity contribution in [2.75, 3.05) is 10.5 Å². The highest BCUT2D eigenvalue weighted by Crippen LogP contribution is 2.28. The number of halogens is 3. The van der Waals surface area contributed by atoms with E-state index in [1.807, 2.05) is 0 Å². The lowest BCUT2D eigenvalue weighted by Crippen LogP contribution is -2.12. The first-order chi connectivity index (χ1) is 15.2. The molecule has 0 spiro atoms. The van der Waals surface area contributed by atoms with Gasteiger partial charge in [0, 0.05) is 21.3 Å². The molecule has 0 atom stereocenters. The zero-order valence-corrected chi connectivity index (χ0v) is 18.7. The summed E-state index contributed by atoms with van der Waals surface area (Å²) in [6.45, 7) is 0. The first-order valence-electron chi connectivity index (χ1n) is 9.20. The zero-order chi connectivity index (χ0) is 22.9. The highest BCUT2D eigenvalue weighted by Gasteiger charge is 2.15. The Kier molecular flexibility index (Phi) is 5.90. The van der Waals surface area contributed by atoms with Crippen molar-refractivity contribution < 1.29 is 17.2 Å². The maximum Gasteiger partial charge on any atom is 0.261 e. The summed E-state index contributed by atoms with van der Waals surface area (Å²) < 4.78 is 56.1. The molecule has 3 N–H and O–H groups in total. The van der Waals surface area contributed by atoms with E-state index in [-0.39, 0.29) is 22.1 Å². The molecule has 10 heteroatoms. The van der Waals surface area contributed by atoms with Crippen LogP contribution in [0.2, 0.25) is 0 Å². The van der Waals surface area contributed by atoms with Crippen LogP contribution in [-0.2, 0) is 10.0 Å². The van der Waals surface area contributed by atoms with E-state index in [9.17, 15) is 17.2 Å². The van der Waals surface area contributed by atoms with E-state index >= 15 is 0 Å². The Bertz CT molecular complexity index is 1400. The third kappa shape index (κ3) is 4.76. The molecule has 0 saturated carbocycles. The molecule has 1 heterocycles. The standard InChI is InChI=1S/C22H15BrF2N4O2S/c23-14-3-8-17(9-4-14)32(30,31)29-16-6-1-13(2-7-16)20-12-21(28-22(26)27-20)18-11-15(24)5-10-19(18)25/h1-12,29H,(H2,26,27,28). The first-order valence-corrected chi connectivity index (χ1v) is 11.5. The van der Waals surface area contributed by atoms with Crippen LogP contribution in [0.3, 0.4) is 0 Å². The van der Waals surface area contributed by atoms with Gasteiger partial charge in [0.05, 0.1) is 16.3 Å². The number of sulfonamides is 1. The largest absolute Gasteiger partial charge is 0.368 e. The number of aromatic nitrogens is 2. The van der Waals surface area contributed by atoms with Gasteiger partial charge < -0.3 is 5.73 Å². The number of nitrogen functional groups attached to an aromatic ring is 1. The molecule has 0 amide bonds. The highest BCUT2D eigenvalue weighted by molar-refractivity contribution is 9.10. The molecule has 3 aromatic carbocycles. The van der Waals surface area contributed by atoms with Crippen LogP contribution in [0.1, 0.15) is 0 Å². The summed E-state index contributed by atoms with van der Waals surface area (Å²) in [5, 5.41) is 0. The Labute approximate surface area is 191 Å². The second kappa shape index (κ2) is 8.64. The fraction of sp³-hybridized carbons (Fsp3) is 0. The van der Waals surface area contributed by atoms with Crippen LogP contribution >= 0.6 is 15.9 Å². The van der Waals surface area contributed by atoms with E-state index < -0.39 is 21.7 Å². The van der Waals surface area contributed by atoms with Crippen LogP contribution in [0.5, 0.6) is 0 Å². The smallest absolute Gasteiger partial charge is 0.261 e. The molecule has 0 radical (unpaired) electrons. The third-order valence-corrected chi connectivity index (χ3v) is 6.43. The molecule has 162 valence electrons. The van der Waals surface area contributed by atoms with Gasteiger partial charge in [0.25, 0.3) is 10.0 Å². The minimum Gasteiger partial charge on any atom is -0.368 e. The molecule has 0 fully saturated rings. The Morgan fingerprint density at radius 2 is 1.50 bits per heavy atom. The van der Waals surface area contributed by atoms with E-state index in [0.29, 0.717) is 16.9 Å². The normalized spacial score (nSPS) is 11.3. The fourth-order valence-corrected chi connectivity index (χ4v) is 4.31. The summed E-state index contributed by atoms with van der Waals surface area (Å²) in [5.74, 6) is -1.36. The van der Waals surface area contributed by atoms with Crippen molar-refractivity contribution in [1.29, 1.82) is 0 Å². The number of hydrogen-bond acceptors (Lipinski definition) is 5. The van der Waals surface area contributed by atoms with Crippen LogP contribution in [-0.4, -0.2) is 18.4 Å². The summed E-state index contributed by atoms with van der Waals surface area (Å²) in [6.07, 6.45) is 0. The Morgan fingerprint density at radius 3 is 2.19 bits per heavy atom. The topological polar surface area (TPSA) is 98.0 Å². The molecule has 0 aliphatic carbocycles. The molecule has 0 aliphatic rings. The minimum atomic E-state index is -3.76. The summed E-state index contributed by atoms with van der Waals surface area (Å²) in [5.41, 5.74) is 7.17. The van der Waals surface area contributed by atoms with Gasteiger partial charge in [0.1, 0.15) is 11.6 Å². The van der Waals surface area contributed by atoms with Gasteiger partial charge in [-0.1, -0.05) is 28.1 Å². The highest BCUT2D eigenvalue weighted by atomic mass is 79.9. The van der Waals surface area contributed by atoms with Gasteiger partial charge in [-0.05, 0) is 60.7 Å². The lowest BCUT2D eigenvalue weighted by Gasteiger charge is -2.10. The molecular formula is C22H15BrF2N4O2S. The third-order valence-electron chi connectivity index (χ3n) is 4.50. The van der Waals surface area contributed by atoms with E-state index in [0.717, 1.165) is 22.7 Å².